The molecule has 1 nitrogen and oxygen atoms in total. The molecule has 0 bridgehead atoms. The van der Waals surface area contributed by atoms with Crippen LogP contribution in [0.4, 0.5) is 0 Å². The van der Waals surface area contributed by atoms with E-state index in [0.29, 0.717) is 0 Å². The van der Waals surface area contributed by atoms with Gasteiger partial charge in [0.15, 0.2) is 0 Å². The second-order valence-corrected chi connectivity index (χ2v) is 5.34. The van der Waals surface area contributed by atoms with Crippen molar-refractivity contribution in [2.75, 3.05) is 20.1 Å². The lowest BCUT2D eigenvalue weighted by atomic mass is 9.92. The molecule has 0 amide bonds. The van der Waals surface area contributed by atoms with Gasteiger partial charge in [-0.05, 0) is 22.3 Å². The highest BCUT2D eigenvalue weighted by molar-refractivity contribution is 5.82. The molecule has 0 aliphatic carbocycles. The van der Waals surface area contributed by atoms with Gasteiger partial charge < -0.3 is 4.90 Å². The Hall–Kier alpha value is -1.86. The molecule has 1 unspecified atom stereocenters. The van der Waals surface area contributed by atoms with Gasteiger partial charge in [-0.2, -0.15) is 0 Å². The lowest BCUT2D eigenvalue weighted by molar-refractivity contribution is -0.863. The zero-order chi connectivity index (χ0) is 13.1. The van der Waals surface area contributed by atoms with E-state index in [4.69, 9.17) is 0 Å². The number of rotatable bonds is 2. The van der Waals surface area contributed by atoms with Crippen molar-refractivity contribution >= 4 is 5.57 Å². The van der Waals surface area contributed by atoms with Gasteiger partial charge in [0.1, 0.15) is 0 Å². The maximum atomic E-state index is 2.28. The third-order valence-electron chi connectivity index (χ3n) is 3.85. The lowest BCUT2D eigenvalue weighted by Crippen LogP contribution is -3.06. The molecule has 0 radical (unpaired) electrons. The molecule has 1 fully saturated rings. The molecular formula is C18H20N+. The number of quaternary nitrogens is 1. The number of likely N-dealkylation sites (tertiary alicyclic amines) is 1. The number of benzene rings is 2. The smallest absolute Gasteiger partial charge is 0.0997 e. The molecule has 2 aromatic rings. The first-order chi connectivity index (χ1) is 9.34. The number of hydrogen-bond donors (Lipinski definition) is 1. The lowest BCUT2D eigenvalue weighted by Gasteiger charge is -2.12. The van der Waals surface area contributed by atoms with Crippen LogP contribution in [0.25, 0.3) is 5.57 Å². The van der Waals surface area contributed by atoms with Crippen LogP contribution in [0.2, 0.25) is 0 Å². The van der Waals surface area contributed by atoms with E-state index in [1.807, 2.05) is 0 Å². The largest absolute Gasteiger partial charge is 0.334 e. The summed E-state index contributed by atoms with van der Waals surface area (Å²) in [5, 5.41) is 0. The maximum absolute atomic E-state index is 2.28. The summed E-state index contributed by atoms with van der Waals surface area (Å²) in [6, 6.07) is 21.6. The van der Waals surface area contributed by atoms with Gasteiger partial charge in [-0.3, -0.25) is 0 Å². The van der Waals surface area contributed by atoms with E-state index < -0.39 is 0 Å². The highest BCUT2D eigenvalue weighted by atomic mass is 15.1. The van der Waals surface area contributed by atoms with Gasteiger partial charge in [-0.25, -0.2) is 0 Å². The average Bonchev–Trinajstić information content (AvgIpc) is 2.88. The van der Waals surface area contributed by atoms with Gasteiger partial charge in [0.25, 0.3) is 0 Å². The van der Waals surface area contributed by atoms with Crippen LogP contribution < -0.4 is 4.90 Å². The number of likely N-dealkylation sites (N-methyl/N-ethyl adjacent to an activating group) is 1. The fourth-order valence-corrected chi connectivity index (χ4v) is 2.90. The summed E-state index contributed by atoms with van der Waals surface area (Å²) in [5.41, 5.74) is 5.73. The van der Waals surface area contributed by atoms with Crippen LogP contribution in [-0.2, 0) is 0 Å². The molecule has 1 aliphatic heterocycles. The molecule has 1 N–H and O–H groups in total. The first kappa shape index (κ1) is 12.2. The molecule has 96 valence electrons. The van der Waals surface area contributed by atoms with Gasteiger partial charge in [0.05, 0.1) is 20.1 Å². The Kier molecular flexibility index (Phi) is 3.47. The van der Waals surface area contributed by atoms with E-state index in [-0.39, 0.29) is 0 Å². The van der Waals surface area contributed by atoms with Crippen molar-refractivity contribution in [1.82, 2.24) is 0 Å². The minimum absolute atomic E-state index is 1.17. The topological polar surface area (TPSA) is 4.44 Å². The second kappa shape index (κ2) is 5.41. The standard InChI is InChI=1S/C18H19N/c1-19-13-12-17(14-19)18(15-8-4-2-5-9-15)16-10-6-3-7-11-16/h2-11H,12-14H2,1H3/p+1. The monoisotopic (exact) mass is 250 g/mol. The van der Waals surface area contributed by atoms with Crippen LogP contribution in [0, 0.1) is 0 Å². The Morgan fingerprint density at radius 2 is 1.37 bits per heavy atom. The van der Waals surface area contributed by atoms with Crippen molar-refractivity contribution in [3.63, 3.8) is 0 Å². The highest BCUT2D eigenvalue weighted by Crippen LogP contribution is 2.28. The van der Waals surface area contributed by atoms with E-state index in [1.54, 1.807) is 10.5 Å². The van der Waals surface area contributed by atoms with Crippen LogP contribution in [0.5, 0.6) is 0 Å². The summed E-state index contributed by atoms with van der Waals surface area (Å²) in [4.78, 5) is 1.61. The average molecular weight is 250 g/mol. The third-order valence-corrected chi connectivity index (χ3v) is 3.85. The van der Waals surface area contributed by atoms with Crippen molar-refractivity contribution in [3.05, 3.63) is 77.4 Å². The minimum Gasteiger partial charge on any atom is -0.334 e. The van der Waals surface area contributed by atoms with Gasteiger partial charge in [0, 0.05) is 6.42 Å². The SMILES string of the molecule is C[NH+]1CCC(=C(c2ccccc2)c2ccccc2)C1. The first-order valence-electron chi connectivity index (χ1n) is 6.99. The van der Waals surface area contributed by atoms with E-state index in [0.717, 1.165) is 0 Å². The first-order valence-corrected chi connectivity index (χ1v) is 6.99. The summed E-state index contributed by atoms with van der Waals surface area (Å²) >= 11 is 0. The molecule has 2 aromatic carbocycles. The fraction of sp³-hybridized carbons (Fsp3) is 0.222. The van der Waals surface area contributed by atoms with Crippen molar-refractivity contribution in [1.29, 1.82) is 0 Å². The quantitative estimate of drug-likeness (QED) is 0.835. The van der Waals surface area contributed by atoms with Crippen LogP contribution >= 0.6 is 0 Å². The van der Waals surface area contributed by atoms with Crippen molar-refractivity contribution < 1.29 is 4.90 Å². The van der Waals surface area contributed by atoms with Crippen LogP contribution in [0.1, 0.15) is 17.5 Å². The molecule has 3 rings (SSSR count). The van der Waals surface area contributed by atoms with Crippen molar-refractivity contribution in [2.24, 2.45) is 0 Å². The predicted molar refractivity (Wildman–Crippen MR) is 80.1 cm³/mol. The third kappa shape index (κ3) is 2.61. The summed E-state index contributed by atoms with van der Waals surface area (Å²) in [5.74, 6) is 0. The van der Waals surface area contributed by atoms with E-state index >= 15 is 0 Å². The summed E-state index contributed by atoms with van der Waals surface area (Å²) in [6.07, 6.45) is 1.21. The molecule has 1 aliphatic rings. The van der Waals surface area contributed by atoms with E-state index in [9.17, 15) is 0 Å². The van der Waals surface area contributed by atoms with Gasteiger partial charge in [0.2, 0.25) is 0 Å². The maximum Gasteiger partial charge on any atom is 0.0997 e. The minimum atomic E-state index is 1.17. The highest BCUT2D eigenvalue weighted by Gasteiger charge is 2.21. The Morgan fingerprint density at radius 1 is 0.842 bits per heavy atom. The summed E-state index contributed by atoms with van der Waals surface area (Å²) in [6.45, 7) is 2.41. The van der Waals surface area contributed by atoms with Gasteiger partial charge >= 0.3 is 0 Å². The zero-order valence-corrected chi connectivity index (χ0v) is 11.4. The van der Waals surface area contributed by atoms with E-state index in [1.165, 1.54) is 36.2 Å². The van der Waals surface area contributed by atoms with Gasteiger partial charge in [-0.1, -0.05) is 60.7 Å². The number of nitrogens with one attached hydrogen (secondary N) is 1. The Balaban J connectivity index is 2.12. The number of hydrogen-bond acceptors (Lipinski definition) is 0. The summed E-state index contributed by atoms with van der Waals surface area (Å²) < 4.78 is 0. The molecule has 0 aromatic heterocycles. The molecule has 1 heterocycles. The molecule has 0 spiro atoms. The normalized spacial score (nSPS) is 18.6. The Bertz CT molecular complexity index is 528. The molecule has 1 saturated heterocycles. The Morgan fingerprint density at radius 3 is 1.79 bits per heavy atom. The summed E-state index contributed by atoms with van der Waals surface area (Å²) in [7, 11) is 2.28. The van der Waals surface area contributed by atoms with Crippen molar-refractivity contribution in [2.45, 2.75) is 6.42 Å². The molecule has 1 atom stereocenters. The molecular weight excluding hydrogens is 230 g/mol. The van der Waals surface area contributed by atoms with Crippen LogP contribution in [-0.4, -0.2) is 20.1 Å². The molecule has 19 heavy (non-hydrogen) atoms. The Labute approximate surface area is 115 Å². The fourth-order valence-electron chi connectivity index (χ4n) is 2.90. The van der Waals surface area contributed by atoms with Crippen LogP contribution in [0.3, 0.4) is 0 Å². The molecule has 0 saturated carbocycles. The van der Waals surface area contributed by atoms with Crippen molar-refractivity contribution in [3.8, 4) is 0 Å². The zero-order valence-electron chi connectivity index (χ0n) is 11.4. The predicted octanol–water partition coefficient (Wildman–Crippen LogP) is 2.41. The second-order valence-electron chi connectivity index (χ2n) is 5.34. The molecule has 1 heteroatoms. The van der Waals surface area contributed by atoms with E-state index in [2.05, 4.69) is 67.7 Å². The van der Waals surface area contributed by atoms with Gasteiger partial charge in [-0.15, -0.1) is 0 Å². The van der Waals surface area contributed by atoms with Crippen LogP contribution in [0.15, 0.2) is 66.2 Å².